The molecule has 1 atom stereocenters. The number of hydrogen-bond donors (Lipinski definition) is 2. The normalized spacial score (nSPS) is 18.9. The van der Waals surface area contributed by atoms with Crippen LogP contribution in [0.4, 0.5) is 0 Å². The molecule has 0 radical (unpaired) electrons. The van der Waals surface area contributed by atoms with Crippen LogP contribution < -0.4 is 4.74 Å². The maximum Gasteiger partial charge on any atom is 0.524 e. The number of amides is 1. The number of phosphoric acid groups is 1. The molecular weight excluding hydrogens is 401 g/mol. The molecule has 1 aromatic carbocycles. The van der Waals surface area contributed by atoms with Crippen molar-refractivity contribution in [2.45, 2.75) is 39.8 Å². The van der Waals surface area contributed by atoms with Gasteiger partial charge in [0.1, 0.15) is 11.3 Å². The number of ether oxygens (including phenoxy) is 2. The number of phosphoric ester groups is 1. The number of allylic oxidation sites excluding steroid dienone is 1. The Labute approximate surface area is 167 Å². The van der Waals surface area contributed by atoms with Crippen molar-refractivity contribution in [3.63, 3.8) is 0 Å². The van der Waals surface area contributed by atoms with Gasteiger partial charge in [-0.2, -0.15) is 0 Å². The van der Waals surface area contributed by atoms with E-state index in [1.54, 1.807) is 45.0 Å². The molecule has 0 saturated heterocycles. The van der Waals surface area contributed by atoms with Crippen molar-refractivity contribution in [2.75, 3.05) is 6.61 Å². The number of nitrogens with zero attached hydrogens (tertiary/aromatic N) is 1. The zero-order valence-corrected chi connectivity index (χ0v) is 17.1. The first-order valence-corrected chi connectivity index (χ1v) is 10.7. The van der Waals surface area contributed by atoms with Crippen molar-refractivity contribution in [3.05, 3.63) is 52.4 Å². The van der Waals surface area contributed by atoms with Crippen molar-refractivity contribution in [1.82, 2.24) is 4.90 Å². The number of carbonyl (C=O) groups is 2. The molecule has 156 valence electrons. The van der Waals surface area contributed by atoms with Gasteiger partial charge in [-0.25, -0.2) is 9.36 Å². The molecule has 0 bridgehead atoms. The molecule has 3 rings (SSSR count). The Kier molecular flexibility index (Phi) is 5.84. The Morgan fingerprint density at radius 2 is 1.90 bits per heavy atom. The monoisotopic (exact) mass is 423 g/mol. The summed E-state index contributed by atoms with van der Waals surface area (Å²) in [6, 6.07) is 6.66. The van der Waals surface area contributed by atoms with E-state index in [1.165, 1.54) is 4.90 Å². The molecule has 29 heavy (non-hydrogen) atoms. The molecule has 0 aliphatic carbocycles. The molecule has 0 saturated carbocycles. The summed E-state index contributed by atoms with van der Waals surface area (Å²) in [6.45, 7) is 5.10. The van der Waals surface area contributed by atoms with Crippen LogP contribution in [0, 0.1) is 0 Å². The minimum absolute atomic E-state index is 0.0565. The first kappa shape index (κ1) is 21.1. The number of carbonyl (C=O) groups excluding carboxylic acids is 2. The molecule has 0 fully saturated rings. The second-order valence-electron chi connectivity index (χ2n) is 6.33. The number of fused-ring (bicyclic) bond motifs is 2. The summed E-state index contributed by atoms with van der Waals surface area (Å²) in [5, 5.41) is 0. The van der Waals surface area contributed by atoms with Crippen molar-refractivity contribution >= 4 is 19.7 Å². The molecule has 0 aromatic heterocycles. The quantitative estimate of drug-likeness (QED) is 0.529. The second kappa shape index (κ2) is 8.02. The number of para-hydroxylation sites is 1. The lowest BCUT2D eigenvalue weighted by atomic mass is 9.93. The fraction of sp³-hybridized carbons (Fsp3) is 0.368. The van der Waals surface area contributed by atoms with Gasteiger partial charge in [-0.1, -0.05) is 26.0 Å². The largest absolute Gasteiger partial charge is 0.524 e. The summed E-state index contributed by atoms with van der Waals surface area (Å²) in [6.07, 6.45) is -0.528. The summed E-state index contributed by atoms with van der Waals surface area (Å²) >= 11 is 0. The molecule has 0 spiro atoms. The molecule has 2 aliphatic heterocycles. The number of hydrogen-bond acceptors (Lipinski definition) is 6. The van der Waals surface area contributed by atoms with E-state index in [1.807, 2.05) is 0 Å². The van der Waals surface area contributed by atoms with E-state index in [0.29, 0.717) is 16.9 Å². The maximum atomic E-state index is 13.2. The number of benzene rings is 1. The average Bonchev–Trinajstić information content (AvgIpc) is 2.66. The molecule has 1 unspecified atom stereocenters. The minimum atomic E-state index is -5.03. The summed E-state index contributed by atoms with van der Waals surface area (Å²) in [5.41, 5.74) is 0.660. The summed E-state index contributed by atoms with van der Waals surface area (Å²) in [7, 11) is -5.03. The van der Waals surface area contributed by atoms with Gasteiger partial charge in [0, 0.05) is 5.57 Å². The van der Waals surface area contributed by atoms with Crippen molar-refractivity contribution in [2.24, 2.45) is 0 Å². The Hall–Kier alpha value is -2.61. The molecule has 2 heterocycles. The SMILES string of the molecule is CCOC(=O)C1=C(CC)C2Oc3ccccc3C(=O)N2C(CC)=C1OP(=O)(O)O. The highest BCUT2D eigenvalue weighted by molar-refractivity contribution is 7.46. The Bertz CT molecular complexity index is 961. The van der Waals surface area contributed by atoms with Gasteiger partial charge in [0.15, 0.2) is 5.76 Å². The van der Waals surface area contributed by atoms with Gasteiger partial charge in [0.2, 0.25) is 6.23 Å². The van der Waals surface area contributed by atoms with Gasteiger partial charge in [-0.15, -0.1) is 0 Å². The first-order chi connectivity index (χ1) is 13.7. The van der Waals surface area contributed by atoms with Gasteiger partial charge >= 0.3 is 13.8 Å². The fourth-order valence-corrected chi connectivity index (χ4v) is 3.93. The maximum absolute atomic E-state index is 13.2. The van der Waals surface area contributed by atoms with Crippen LogP contribution in [0.25, 0.3) is 0 Å². The van der Waals surface area contributed by atoms with Crippen molar-refractivity contribution in [3.8, 4) is 5.75 Å². The van der Waals surface area contributed by atoms with Crippen LogP contribution in [0.3, 0.4) is 0 Å². The second-order valence-corrected chi connectivity index (χ2v) is 7.49. The Morgan fingerprint density at radius 1 is 1.21 bits per heavy atom. The first-order valence-electron chi connectivity index (χ1n) is 9.21. The van der Waals surface area contributed by atoms with Crippen LogP contribution in [0.2, 0.25) is 0 Å². The van der Waals surface area contributed by atoms with Crippen LogP contribution >= 0.6 is 7.82 Å². The van der Waals surface area contributed by atoms with Crippen LogP contribution in [0.15, 0.2) is 46.9 Å². The molecule has 2 N–H and O–H groups in total. The summed E-state index contributed by atoms with van der Waals surface area (Å²) in [4.78, 5) is 46.1. The Balaban J connectivity index is 2.28. The standard InChI is InChI=1S/C19H22NO8P/c1-4-11-15(19(22)26-6-3)16(28-29(23,24)25)13(5-2)20-17(21)12-9-7-8-10-14(12)27-18(11)20/h7-10,18H,4-6H2,1-3H3,(H2,23,24,25). The van der Waals surface area contributed by atoms with Gasteiger partial charge in [-0.05, 0) is 31.9 Å². The lowest BCUT2D eigenvalue weighted by molar-refractivity contribution is -0.138. The van der Waals surface area contributed by atoms with Crippen molar-refractivity contribution < 1.29 is 37.9 Å². The number of rotatable bonds is 6. The summed E-state index contributed by atoms with van der Waals surface area (Å²) < 4.78 is 27.7. The van der Waals surface area contributed by atoms with E-state index in [-0.39, 0.29) is 36.5 Å². The zero-order chi connectivity index (χ0) is 21.3. The van der Waals surface area contributed by atoms with Gasteiger partial charge in [-0.3, -0.25) is 19.5 Å². The van der Waals surface area contributed by atoms with E-state index in [0.717, 1.165) is 0 Å². The number of esters is 1. The molecular formula is C19H22NO8P. The van der Waals surface area contributed by atoms with Gasteiger partial charge in [0.25, 0.3) is 5.91 Å². The minimum Gasteiger partial charge on any atom is -0.465 e. The smallest absolute Gasteiger partial charge is 0.465 e. The highest BCUT2D eigenvalue weighted by Gasteiger charge is 2.46. The van der Waals surface area contributed by atoms with E-state index in [2.05, 4.69) is 0 Å². The molecule has 1 amide bonds. The van der Waals surface area contributed by atoms with Gasteiger partial charge in [0.05, 0.1) is 17.9 Å². The third-order valence-corrected chi connectivity index (χ3v) is 5.03. The predicted octanol–water partition coefficient (Wildman–Crippen LogP) is 2.86. The van der Waals surface area contributed by atoms with Crippen molar-refractivity contribution in [1.29, 1.82) is 0 Å². The Morgan fingerprint density at radius 3 is 2.48 bits per heavy atom. The average molecular weight is 423 g/mol. The van der Waals surface area contributed by atoms with E-state index in [9.17, 15) is 23.9 Å². The van der Waals surface area contributed by atoms with E-state index >= 15 is 0 Å². The summed E-state index contributed by atoms with van der Waals surface area (Å²) in [5.74, 6) is -1.20. The molecule has 9 nitrogen and oxygen atoms in total. The highest BCUT2D eigenvalue weighted by atomic mass is 31.2. The third kappa shape index (κ3) is 3.81. The van der Waals surface area contributed by atoms with Crippen LogP contribution in [-0.4, -0.2) is 39.4 Å². The highest BCUT2D eigenvalue weighted by Crippen LogP contribution is 2.48. The van der Waals surface area contributed by atoms with E-state index in [4.69, 9.17) is 14.0 Å². The molecule has 2 aliphatic rings. The van der Waals surface area contributed by atoms with Crippen LogP contribution in [0.1, 0.15) is 44.0 Å². The van der Waals surface area contributed by atoms with Crippen LogP contribution in [-0.2, 0) is 18.6 Å². The lowest BCUT2D eigenvalue weighted by Gasteiger charge is -2.42. The van der Waals surface area contributed by atoms with E-state index < -0.39 is 25.9 Å². The third-order valence-electron chi connectivity index (χ3n) is 4.61. The molecule has 1 aromatic rings. The fourth-order valence-electron chi connectivity index (χ4n) is 3.50. The lowest BCUT2D eigenvalue weighted by Crippen LogP contribution is -2.51. The zero-order valence-electron chi connectivity index (χ0n) is 16.2. The topological polar surface area (TPSA) is 123 Å². The molecule has 10 heteroatoms. The van der Waals surface area contributed by atoms with Crippen LogP contribution in [0.5, 0.6) is 5.75 Å². The van der Waals surface area contributed by atoms with Gasteiger partial charge < -0.3 is 14.0 Å². The predicted molar refractivity (Wildman–Crippen MR) is 101 cm³/mol.